The van der Waals surface area contributed by atoms with Crippen LogP contribution in [0.3, 0.4) is 0 Å². The third kappa shape index (κ3) is 4.34. The van der Waals surface area contributed by atoms with Crippen molar-refractivity contribution in [2.75, 3.05) is 0 Å². The van der Waals surface area contributed by atoms with Crippen molar-refractivity contribution >= 4 is 0 Å². The third-order valence-corrected chi connectivity index (χ3v) is 4.70. The Kier molecular flexibility index (Phi) is 6.48. The second kappa shape index (κ2) is 9.23. The van der Waals surface area contributed by atoms with E-state index in [-0.39, 0.29) is 5.76 Å². The van der Waals surface area contributed by atoms with Gasteiger partial charge in [0.15, 0.2) is 0 Å². The fraction of sp³-hybridized carbons (Fsp3) is 0.348. The number of oxazole rings is 1. The van der Waals surface area contributed by atoms with Crippen LogP contribution in [0, 0.1) is 0 Å². The van der Waals surface area contributed by atoms with Crippen molar-refractivity contribution in [1.29, 1.82) is 0 Å². The van der Waals surface area contributed by atoms with Crippen LogP contribution in [0.15, 0.2) is 69.9 Å². The SMILES string of the molecule is CCCCCCCCc1oc(=O)n(-c2ccccc2)c1-c1ccccc1. The second-order valence-electron chi connectivity index (χ2n) is 6.69. The lowest BCUT2D eigenvalue weighted by atomic mass is 10.0. The molecular formula is C23H27NO2. The van der Waals surface area contributed by atoms with Crippen molar-refractivity contribution < 1.29 is 4.42 Å². The predicted molar refractivity (Wildman–Crippen MR) is 107 cm³/mol. The van der Waals surface area contributed by atoms with Gasteiger partial charge >= 0.3 is 5.76 Å². The molecule has 0 unspecified atom stereocenters. The van der Waals surface area contributed by atoms with E-state index in [1.165, 1.54) is 32.1 Å². The van der Waals surface area contributed by atoms with E-state index in [4.69, 9.17) is 4.42 Å². The largest absolute Gasteiger partial charge is 0.424 e. The number of nitrogens with zero attached hydrogens (tertiary/aromatic N) is 1. The minimum atomic E-state index is -0.309. The Hall–Kier alpha value is -2.55. The van der Waals surface area contributed by atoms with Crippen LogP contribution in [0.1, 0.15) is 51.2 Å². The van der Waals surface area contributed by atoms with Crippen LogP contribution in [0.5, 0.6) is 0 Å². The number of benzene rings is 2. The minimum Gasteiger partial charge on any atom is -0.412 e. The van der Waals surface area contributed by atoms with Crippen LogP contribution in [0.4, 0.5) is 0 Å². The van der Waals surface area contributed by atoms with Gasteiger partial charge in [-0.25, -0.2) is 9.36 Å². The number of unbranched alkanes of at least 4 members (excludes halogenated alkanes) is 5. The molecule has 2 aromatic carbocycles. The van der Waals surface area contributed by atoms with E-state index in [1.54, 1.807) is 4.57 Å². The number of aromatic nitrogens is 1. The Labute approximate surface area is 155 Å². The highest BCUT2D eigenvalue weighted by Gasteiger charge is 2.19. The number of aryl methyl sites for hydroxylation is 1. The molecule has 26 heavy (non-hydrogen) atoms. The summed E-state index contributed by atoms with van der Waals surface area (Å²) in [4.78, 5) is 12.6. The number of hydrogen-bond donors (Lipinski definition) is 0. The van der Waals surface area contributed by atoms with Gasteiger partial charge in [-0.15, -0.1) is 0 Å². The van der Waals surface area contributed by atoms with E-state index < -0.39 is 0 Å². The molecule has 0 bridgehead atoms. The topological polar surface area (TPSA) is 35.1 Å². The average molecular weight is 349 g/mol. The van der Waals surface area contributed by atoms with Gasteiger partial charge in [0.05, 0.1) is 11.4 Å². The number of rotatable bonds is 9. The maximum atomic E-state index is 12.6. The molecule has 1 aromatic heterocycles. The second-order valence-corrected chi connectivity index (χ2v) is 6.69. The molecular weight excluding hydrogens is 322 g/mol. The van der Waals surface area contributed by atoms with E-state index in [2.05, 4.69) is 6.92 Å². The summed E-state index contributed by atoms with van der Waals surface area (Å²) in [6, 6.07) is 19.8. The van der Waals surface area contributed by atoms with Crippen molar-refractivity contribution in [3.05, 3.63) is 77.0 Å². The molecule has 0 fully saturated rings. The van der Waals surface area contributed by atoms with Gasteiger partial charge in [-0.2, -0.15) is 0 Å². The smallest absolute Gasteiger partial charge is 0.412 e. The Bertz CT molecular complexity index is 847. The van der Waals surface area contributed by atoms with E-state index in [0.29, 0.717) is 0 Å². The van der Waals surface area contributed by atoms with E-state index in [0.717, 1.165) is 35.5 Å². The standard InChI is InChI=1S/C23H27NO2/c1-2-3-4-5-6-13-18-21-22(19-14-9-7-10-15-19)24(23(25)26-21)20-16-11-8-12-17-20/h7-12,14-17H,2-6,13,18H2,1H3. The van der Waals surface area contributed by atoms with Gasteiger partial charge in [0.1, 0.15) is 5.76 Å². The first-order valence-corrected chi connectivity index (χ1v) is 9.67. The molecule has 3 aromatic rings. The molecule has 3 rings (SSSR count). The van der Waals surface area contributed by atoms with Gasteiger partial charge in [0, 0.05) is 12.0 Å². The molecule has 1 heterocycles. The molecule has 0 atom stereocenters. The van der Waals surface area contributed by atoms with Gasteiger partial charge in [-0.3, -0.25) is 0 Å². The van der Waals surface area contributed by atoms with Gasteiger partial charge < -0.3 is 4.42 Å². The number of hydrogen-bond acceptors (Lipinski definition) is 2. The first kappa shape index (κ1) is 18.2. The molecule has 0 aliphatic heterocycles. The van der Waals surface area contributed by atoms with Crippen molar-refractivity contribution in [3.63, 3.8) is 0 Å². The lowest BCUT2D eigenvalue weighted by Gasteiger charge is -2.08. The quantitative estimate of drug-likeness (QED) is 0.444. The fourth-order valence-corrected chi connectivity index (χ4v) is 3.35. The van der Waals surface area contributed by atoms with Gasteiger partial charge in [0.2, 0.25) is 0 Å². The van der Waals surface area contributed by atoms with Crippen LogP contribution in [-0.4, -0.2) is 4.57 Å². The van der Waals surface area contributed by atoms with E-state index in [9.17, 15) is 4.79 Å². The zero-order chi connectivity index (χ0) is 18.2. The van der Waals surface area contributed by atoms with Crippen LogP contribution in [-0.2, 0) is 6.42 Å². The number of para-hydroxylation sites is 1. The Balaban J connectivity index is 1.89. The summed E-state index contributed by atoms with van der Waals surface area (Å²) < 4.78 is 7.39. The first-order chi connectivity index (χ1) is 12.8. The zero-order valence-electron chi connectivity index (χ0n) is 15.5. The Morgan fingerprint density at radius 2 is 1.42 bits per heavy atom. The van der Waals surface area contributed by atoms with Crippen LogP contribution in [0.2, 0.25) is 0 Å². The van der Waals surface area contributed by atoms with Crippen molar-refractivity contribution in [2.45, 2.75) is 51.9 Å². The molecule has 0 spiro atoms. The maximum absolute atomic E-state index is 12.6. The van der Waals surface area contributed by atoms with Crippen molar-refractivity contribution in [3.8, 4) is 16.9 Å². The highest BCUT2D eigenvalue weighted by Crippen LogP contribution is 2.27. The highest BCUT2D eigenvalue weighted by molar-refractivity contribution is 5.64. The fourth-order valence-electron chi connectivity index (χ4n) is 3.35. The lowest BCUT2D eigenvalue weighted by Crippen LogP contribution is -2.12. The highest BCUT2D eigenvalue weighted by atomic mass is 16.4. The van der Waals surface area contributed by atoms with Gasteiger partial charge in [0.25, 0.3) is 0 Å². The Morgan fingerprint density at radius 3 is 2.12 bits per heavy atom. The van der Waals surface area contributed by atoms with Crippen molar-refractivity contribution in [2.24, 2.45) is 0 Å². The summed E-state index contributed by atoms with van der Waals surface area (Å²) >= 11 is 0. The van der Waals surface area contributed by atoms with Gasteiger partial charge in [-0.05, 0) is 18.6 Å². The average Bonchev–Trinajstić information content (AvgIpc) is 3.02. The summed E-state index contributed by atoms with van der Waals surface area (Å²) in [5.41, 5.74) is 2.74. The summed E-state index contributed by atoms with van der Waals surface area (Å²) in [6.07, 6.45) is 8.11. The molecule has 3 heteroatoms. The van der Waals surface area contributed by atoms with E-state index >= 15 is 0 Å². The van der Waals surface area contributed by atoms with Gasteiger partial charge in [-0.1, -0.05) is 87.6 Å². The summed E-state index contributed by atoms with van der Waals surface area (Å²) in [5.74, 6) is 0.483. The predicted octanol–water partition coefficient (Wildman–Crippen LogP) is 6.00. The molecule has 0 N–H and O–H groups in total. The van der Waals surface area contributed by atoms with Crippen molar-refractivity contribution in [1.82, 2.24) is 4.57 Å². The molecule has 136 valence electrons. The van der Waals surface area contributed by atoms with Crippen LogP contribution >= 0.6 is 0 Å². The normalized spacial score (nSPS) is 11.0. The maximum Gasteiger partial charge on any atom is 0.424 e. The molecule has 0 aliphatic carbocycles. The van der Waals surface area contributed by atoms with Crippen LogP contribution < -0.4 is 5.76 Å². The van der Waals surface area contributed by atoms with Crippen LogP contribution in [0.25, 0.3) is 16.9 Å². The first-order valence-electron chi connectivity index (χ1n) is 9.67. The summed E-state index contributed by atoms with van der Waals surface area (Å²) in [6.45, 7) is 2.23. The molecule has 0 saturated carbocycles. The van der Waals surface area contributed by atoms with E-state index in [1.807, 2.05) is 60.7 Å². The third-order valence-electron chi connectivity index (χ3n) is 4.70. The summed E-state index contributed by atoms with van der Waals surface area (Å²) in [7, 11) is 0. The molecule has 0 aliphatic rings. The molecule has 0 amide bonds. The molecule has 0 radical (unpaired) electrons. The Morgan fingerprint density at radius 1 is 0.808 bits per heavy atom. The minimum absolute atomic E-state index is 0.309. The monoisotopic (exact) mass is 349 g/mol. The zero-order valence-corrected chi connectivity index (χ0v) is 15.5. The summed E-state index contributed by atoms with van der Waals surface area (Å²) in [5, 5.41) is 0. The lowest BCUT2D eigenvalue weighted by molar-refractivity contribution is 0.452. The molecule has 3 nitrogen and oxygen atoms in total. The molecule has 0 saturated heterocycles.